The fraction of sp³-hybridized carbons (Fsp3) is 0.417. The van der Waals surface area contributed by atoms with Gasteiger partial charge in [-0.25, -0.2) is 4.79 Å². The minimum absolute atomic E-state index is 0.00891. The van der Waals surface area contributed by atoms with Crippen molar-refractivity contribution < 1.29 is 19.4 Å². The van der Waals surface area contributed by atoms with E-state index in [0.29, 0.717) is 13.2 Å². The number of nitrogens with one attached hydrogen (secondary N) is 1. The molecule has 1 fully saturated rings. The minimum atomic E-state index is -1.09. The number of pyridine rings is 1. The first-order valence-electron chi connectivity index (χ1n) is 5.74. The molecule has 0 atom stereocenters. The molecule has 6 heteroatoms. The molecule has 0 bridgehead atoms. The molecule has 1 aliphatic heterocycles. The Kier molecular flexibility index (Phi) is 3.88. The van der Waals surface area contributed by atoms with Crippen LogP contribution >= 0.6 is 0 Å². The van der Waals surface area contributed by atoms with Crippen molar-refractivity contribution in [2.75, 3.05) is 13.2 Å². The van der Waals surface area contributed by atoms with Crippen LogP contribution in [0.5, 0.6) is 0 Å². The van der Waals surface area contributed by atoms with E-state index in [1.54, 1.807) is 0 Å². The molecular formula is C12H14N2O4. The zero-order valence-corrected chi connectivity index (χ0v) is 9.76. The molecule has 0 radical (unpaired) electrons. The monoisotopic (exact) mass is 250 g/mol. The number of rotatable bonds is 3. The Labute approximate surface area is 104 Å². The number of nitrogens with zero attached hydrogens (tertiary/aromatic N) is 1. The van der Waals surface area contributed by atoms with E-state index in [1.807, 2.05) is 0 Å². The van der Waals surface area contributed by atoms with Crippen LogP contribution in [0.3, 0.4) is 0 Å². The van der Waals surface area contributed by atoms with Gasteiger partial charge in [0.15, 0.2) is 0 Å². The van der Waals surface area contributed by atoms with Gasteiger partial charge < -0.3 is 15.2 Å². The van der Waals surface area contributed by atoms with Gasteiger partial charge in [0.25, 0.3) is 5.91 Å². The fourth-order valence-electron chi connectivity index (χ4n) is 1.79. The molecular weight excluding hydrogens is 236 g/mol. The lowest BCUT2D eigenvalue weighted by atomic mass is 10.1. The smallest absolute Gasteiger partial charge is 0.337 e. The first-order valence-corrected chi connectivity index (χ1v) is 5.74. The van der Waals surface area contributed by atoms with Gasteiger partial charge >= 0.3 is 5.97 Å². The average molecular weight is 250 g/mol. The maximum atomic E-state index is 11.9. The third-order valence-electron chi connectivity index (χ3n) is 2.80. The second-order valence-corrected chi connectivity index (χ2v) is 4.13. The number of carbonyl (C=O) groups excluding carboxylic acids is 1. The summed E-state index contributed by atoms with van der Waals surface area (Å²) in [5.74, 6) is -1.39. The summed E-state index contributed by atoms with van der Waals surface area (Å²) in [5.41, 5.74) is 0.274. The van der Waals surface area contributed by atoms with Crippen molar-refractivity contribution in [1.29, 1.82) is 0 Å². The third-order valence-corrected chi connectivity index (χ3v) is 2.80. The number of hydrogen-bond donors (Lipinski definition) is 2. The molecule has 2 rings (SSSR count). The molecule has 0 unspecified atom stereocenters. The van der Waals surface area contributed by atoms with Gasteiger partial charge in [0.2, 0.25) is 0 Å². The van der Waals surface area contributed by atoms with Crippen molar-refractivity contribution in [3.05, 3.63) is 29.6 Å². The second kappa shape index (κ2) is 5.59. The topological polar surface area (TPSA) is 88.5 Å². The van der Waals surface area contributed by atoms with Crippen LogP contribution < -0.4 is 5.32 Å². The SMILES string of the molecule is O=C(O)c1cncc(C(=O)NC2CCOCC2)c1. The Morgan fingerprint density at radius 2 is 1.94 bits per heavy atom. The molecule has 0 spiro atoms. The van der Waals surface area contributed by atoms with Gasteiger partial charge in [-0.1, -0.05) is 0 Å². The number of carboxylic acids is 1. The molecule has 96 valence electrons. The Morgan fingerprint density at radius 3 is 2.61 bits per heavy atom. The molecule has 1 aromatic rings. The summed E-state index contributed by atoms with van der Waals surface area (Å²) in [4.78, 5) is 26.4. The largest absolute Gasteiger partial charge is 0.478 e. The summed E-state index contributed by atoms with van der Waals surface area (Å²) in [5, 5.41) is 11.7. The Hall–Kier alpha value is -1.95. The highest BCUT2D eigenvalue weighted by molar-refractivity contribution is 5.97. The van der Waals surface area contributed by atoms with Gasteiger partial charge in [0.1, 0.15) is 0 Å². The summed E-state index contributed by atoms with van der Waals surface area (Å²) < 4.78 is 5.20. The number of amides is 1. The van der Waals surface area contributed by atoms with Crippen LogP contribution in [0.15, 0.2) is 18.5 Å². The van der Waals surface area contributed by atoms with Crippen molar-refractivity contribution in [3.63, 3.8) is 0 Å². The maximum absolute atomic E-state index is 11.9. The Balaban J connectivity index is 2.03. The molecule has 2 heterocycles. The van der Waals surface area contributed by atoms with Crippen LogP contribution in [0.2, 0.25) is 0 Å². The van der Waals surface area contributed by atoms with E-state index >= 15 is 0 Å². The summed E-state index contributed by atoms with van der Waals surface area (Å²) in [6.07, 6.45) is 4.13. The van der Waals surface area contributed by atoms with Crippen LogP contribution in [-0.2, 0) is 4.74 Å². The van der Waals surface area contributed by atoms with E-state index in [-0.39, 0.29) is 23.1 Å². The normalized spacial score (nSPS) is 16.2. The van der Waals surface area contributed by atoms with Crippen LogP contribution in [0, 0.1) is 0 Å². The number of ether oxygens (including phenoxy) is 1. The highest BCUT2D eigenvalue weighted by Crippen LogP contribution is 2.08. The van der Waals surface area contributed by atoms with Gasteiger partial charge in [0.05, 0.1) is 11.1 Å². The van der Waals surface area contributed by atoms with Gasteiger partial charge in [0, 0.05) is 31.6 Å². The molecule has 1 aromatic heterocycles. The van der Waals surface area contributed by atoms with Crippen LogP contribution in [0.1, 0.15) is 33.6 Å². The fourth-order valence-corrected chi connectivity index (χ4v) is 1.79. The van der Waals surface area contributed by atoms with Crippen molar-refractivity contribution in [2.24, 2.45) is 0 Å². The Morgan fingerprint density at radius 1 is 1.28 bits per heavy atom. The first-order chi connectivity index (χ1) is 8.66. The molecule has 0 aliphatic carbocycles. The predicted molar refractivity (Wildman–Crippen MR) is 62.5 cm³/mol. The lowest BCUT2D eigenvalue weighted by molar-refractivity contribution is 0.0694. The van der Waals surface area contributed by atoms with Crippen molar-refractivity contribution in [1.82, 2.24) is 10.3 Å². The van der Waals surface area contributed by atoms with Crippen LogP contribution in [-0.4, -0.2) is 41.2 Å². The van der Waals surface area contributed by atoms with Crippen LogP contribution in [0.25, 0.3) is 0 Å². The highest BCUT2D eigenvalue weighted by Gasteiger charge is 2.17. The Bertz CT molecular complexity index is 455. The predicted octanol–water partition coefficient (Wildman–Crippen LogP) is 0.689. The van der Waals surface area contributed by atoms with E-state index in [0.717, 1.165) is 12.8 Å². The summed E-state index contributed by atoms with van der Waals surface area (Å²) in [6, 6.07) is 1.41. The molecule has 0 aromatic carbocycles. The second-order valence-electron chi connectivity index (χ2n) is 4.13. The van der Waals surface area contributed by atoms with Gasteiger partial charge in [-0.05, 0) is 18.9 Å². The van der Waals surface area contributed by atoms with Gasteiger partial charge in [-0.3, -0.25) is 9.78 Å². The molecule has 0 saturated carbocycles. The molecule has 1 saturated heterocycles. The molecule has 1 aliphatic rings. The first kappa shape index (κ1) is 12.5. The molecule has 6 nitrogen and oxygen atoms in total. The minimum Gasteiger partial charge on any atom is -0.478 e. The van der Waals surface area contributed by atoms with E-state index in [2.05, 4.69) is 10.3 Å². The number of carboxylic acid groups (broad SMARTS) is 1. The third kappa shape index (κ3) is 3.04. The van der Waals surface area contributed by atoms with Crippen molar-refractivity contribution in [2.45, 2.75) is 18.9 Å². The summed E-state index contributed by atoms with van der Waals surface area (Å²) in [7, 11) is 0. The lowest BCUT2D eigenvalue weighted by Crippen LogP contribution is -2.39. The van der Waals surface area contributed by atoms with Crippen LogP contribution in [0.4, 0.5) is 0 Å². The number of aromatic nitrogens is 1. The van der Waals surface area contributed by atoms with Gasteiger partial charge in [-0.2, -0.15) is 0 Å². The summed E-state index contributed by atoms with van der Waals surface area (Å²) >= 11 is 0. The number of hydrogen-bond acceptors (Lipinski definition) is 4. The van der Waals surface area contributed by atoms with E-state index in [9.17, 15) is 9.59 Å². The average Bonchev–Trinajstić information content (AvgIpc) is 2.40. The van der Waals surface area contributed by atoms with Gasteiger partial charge in [-0.15, -0.1) is 0 Å². The summed E-state index contributed by atoms with van der Waals surface area (Å²) in [6.45, 7) is 1.27. The quantitative estimate of drug-likeness (QED) is 0.823. The van der Waals surface area contributed by atoms with E-state index in [1.165, 1.54) is 18.5 Å². The standard InChI is InChI=1S/C12H14N2O4/c15-11(14-10-1-3-18-4-2-10)8-5-9(12(16)17)7-13-6-8/h5-7,10H,1-4H2,(H,14,15)(H,16,17). The van der Waals surface area contributed by atoms with Crippen molar-refractivity contribution in [3.8, 4) is 0 Å². The molecule has 2 N–H and O–H groups in total. The lowest BCUT2D eigenvalue weighted by Gasteiger charge is -2.23. The maximum Gasteiger partial charge on any atom is 0.337 e. The highest BCUT2D eigenvalue weighted by atomic mass is 16.5. The van der Waals surface area contributed by atoms with Crippen molar-refractivity contribution >= 4 is 11.9 Å². The zero-order valence-electron chi connectivity index (χ0n) is 9.76. The molecule has 18 heavy (non-hydrogen) atoms. The number of aromatic carboxylic acids is 1. The molecule has 1 amide bonds. The van der Waals surface area contributed by atoms with E-state index in [4.69, 9.17) is 9.84 Å². The van der Waals surface area contributed by atoms with E-state index < -0.39 is 5.97 Å². The number of carbonyl (C=O) groups is 2. The zero-order chi connectivity index (χ0) is 13.0.